The molecule has 2 aromatic carbocycles. The van der Waals surface area contributed by atoms with Crippen molar-refractivity contribution in [3.63, 3.8) is 0 Å². The molecule has 0 bridgehead atoms. The molecule has 0 amide bonds. The Hall–Kier alpha value is -1.58. The van der Waals surface area contributed by atoms with Crippen LogP contribution in [0.4, 0.5) is 0 Å². The van der Waals surface area contributed by atoms with Gasteiger partial charge in [0.2, 0.25) is 0 Å². The second-order valence-corrected chi connectivity index (χ2v) is 6.81. The molecule has 20 heavy (non-hydrogen) atoms. The maximum absolute atomic E-state index is 5.63. The van der Waals surface area contributed by atoms with Crippen molar-refractivity contribution in [1.29, 1.82) is 0 Å². The van der Waals surface area contributed by atoms with E-state index >= 15 is 0 Å². The van der Waals surface area contributed by atoms with Crippen molar-refractivity contribution >= 4 is 33.9 Å². The van der Waals surface area contributed by atoms with Crippen LogP contribution in [0.25, 0.3) is 5.70 Å². The Kier molecular flexibility index (Phi) is 2.90. The molecular weight excluding hydrogens is 282 g/mol. The van der Waals surface area contributed by atoms with Crippen molar-refractivity contribution in [2.75, 3.05) is 0 Å². The third-order valence-corrected chi connectivity index (χ3v) is 5.43. The molecule has 2 aromatic rings. The summed E-state index contributed by atoms with van der Waals surface area (Å²) in [6.45, 7) is 0. The number of benzene rings is 2. The third kappa shape index (κ3) is 1.89. The topological polar surface area (TPSA) is 12.0 Å². The molecule has 0 saturated carbocycles. The van der Waals surface area contributed by atoms with Gasteiger partial charge < -0.3 is 5.32 Å². The Morgan fingerprint density at radius 3 is 2.60 bits per heavy atom. The first-order chi connectivity index (χ1) is 9.83. The zero-order valence-electron chi connectivity index (χ0n) is 10.8. The predicted octanol–water partition coefficient (Wildman–Crippen LogP) is 4.32. The van der Waals surface area contributed by atoms with E-state index in [1.165, 1.54) is 28.0 Å². The number of fused-ring (bicyclic) bond motifs is 2. The number of nitrogens with one attached hydrogen (secondary N) is 1. The second-order valence-electron chi connectivity index (χ2n) is 5.03. The van der Waals surface area contributed by atoms with Gasteiger partial charge in [-0.15, -0.1) is 0 Å². The summed E-state index contributed by atoms with van der Waals surface area (Å²) < 4.78 is 1.03. The van der Waals surface area contributed by atoms with Crippen molar-refractivity contribution in [3.05, 3.63) is 76.9 Å². The zero-order valence-corrected chi connectivity index (χ0v) is 12.4. The number of thiocarbonyl (C=S) groups is 1. The van der Waals surface area contributed by atoms with E-state index in [4.69, 9.17) is 12.2 Å². The summed E-state index contributed by atoms with van der Waals surface area (Å²) in [4.78, 5) is 0. The lowest BCUT2D eigenvalue weighted by Gasteiger charge is -2.27. The van der Waals surface area contributed by atoms with Gasteiger partial charge in [0, 0.05) is 23.3 Å². The van der Waals surface area contributed by atoms with Crippen molar-refractivity contribution in [3.8, 4) is 0 Å². The normalized spacial score (nSPS) is 20.4. The number of thioether (sulfide) groups is 1. The van der Waals surface area contributed by atoms with Crippen LogP contribution in [0.1, 0.15) is 22.1 Å². The molecular formula is C17H13NS2. The van der Waals surface area contributed by atoms with Crippen molar-refractivity contribution in [1.82, 2.24) is 5.32 Å². The molecule has 1 atom stereocenters. The van der Waals surface area contributed by atoms with Gasteiger partial charge in [-0.1, -0.05) is 78.6 Å². The minimum atomic E-state index is 0.216. The molecule has 1 nitrogen and oxygen atoms in total. The lowest BCUT2D eigenvalue weighted by atomic mass is 10.1. The van der Waals surface area contributed by atoms with Crippen LogP contribution in [0.2, 0.25) is 0 Å². The smallest absolute Gasteiger partial charge is 0.103 e. The molecule has 98 valence electrons. The van der Waals surface area contributed by atoms with Crippen LogP contribution in [0.5, 0.6) is 0 Å². The van der Waals surface area contributed by atoms with Crippen LogP contribution in [-0.2, 0) is 6.42 Å². The monoisotopic (exact) mass is 295 g/mol. The molecule has 1 aliphatic heterocycles. The Bertz CT molecular complexity index is 719. The summed E-state index contributed by atoms with van der Waals surface area (Å²) >= 11 is 7.38. The van der Waals surface area contributed by atoms with E-state index in [1.807, 2.05) is 6.07 Å². The molecule has 0 radical (unpaired) electrons. The van der Waals surface area contributed by atoms with Gasteiger partial charge in [-0.3, -0.25) is 0 Å². The Balaban J connectivity index is 1.75. The van der Waals surface area contributed by atoms with Crippen molar-refractivity contribution < 1.29 is 0 Å². The SMILES string of the molecule is S=C1SC(c2ccccc2)NC2=C1Cc1ccccc12. The minimum Gasteiger partial charge on any atom is -0.368 e. The van der Waals surface area contributed by atoms with Gasteiger partial charge in [0.15, 0.2) is 0 Å². The number of hydrogen-bond donors (Lipinski definition) is 1. The maximum Gasteiger partial charge on any atom is 0.103 e. The van der Waals surface area contributed by atoms with Crippen LogP contribution >= 0.6 is 24.0 Å². The first-order valence-electron chi connectivity index (χ1n) is 6.67. The molecule has 3 heteroatoms. The van der Waals surface area contributed by atoms with Crippen LogP contribution in [0, 0.1) is 0 Å². The largest absolute Gasteiger partial charge is 0.368 e. The quantitative estimate of drug-likeness (QED) is 0.787. The molecule has 0 fully saturated rings. The van der Waals surface area contributed by atoms with Crippen LogP contribution in [-0.4, -0.2) is 4.20 Å². The van der Waals surface area contributed by atoms with Gasteiger partial charge in [0.05, 0.1) is 4.20 Å². The molecule has 1 unspecified atom stereocenters. The molecule has 1 N–H and O–H groups in total. The fraction of sp³-hybridized carbons (Fsp3) is 0.118. The Morgan fingerprint density at radius 1 is 1.00 bits per heavy atom. The Morgan fingerprint density at radius 2 is 1.75 bits per heavy atom. The molecule has 2 aliphatic rings. The average molecular weight is 295 g/mol. The number of rotatable bonds is 1. The summed E-state index contributed by atoms with van der Waals surface area (Å²) in [5.41, 5.74) is 6.49. The van der Waals surface area contributed by atoms with Crippen molar-refractivity contribution in [2.24, 2.45) is 0 Å². The highest BCUT2D eigenvalue weighted by Gasteiger charge is 2.31. The third-order valence-electron chi connectivity index (χ3n) is 3.80. The van der Waals surface area contributed by atoms with Crippen molar-refractivity contribution in [2.45, 2.75) is 11.8 Å². The highest BCUT2D eigenvalue weighted by molar-refractivity contribution is 8.23. The first kappa shape index (κ1) is 12.2. The summed E-state index contributed by atoms with van der Waals surface area (Å²) in [7, 11) is 0. The number of hydrogen-bond acceptors (Lipinski definition) is 3. The molecule has 0 spiro atoms. The maximum atomic E-state index is 5.63. The van der Waals surface area contributed by atoms with Crippen LogP contribution in [0.15, 0.2) is 60.2 Å². The molecule has 1 heterocycles. The van der Waals surface area contributed by atoms with E-state index in [1.54, 1.807) is 11.8 Å². The molecule has 4 rings (SSSR count). The first-order valence-corrected chi connectivity index (χ1v) is 7.95. The lowest BCUT2D eigenvalue weighted by molar-refractivity contribution is 0.863. The van der Waals surface area contributed by atoms with Gasteiger partial charge in [-0.05, 0) is 11.1 Å². The highest BCUT2D eigenvalue weighted by atomic mass is 32.2. The minimum absolute atomic E-state index is 0.216. The fourth-order valence-corrected chi connectivity index (χ4v) is 4.28. The Labute approximate surface area is 128 Å². The van der Waals surface area contributed by atoms with E-state index < -0.39 is 0 Å². The van der Waals surface area contributed by atoms with E-state index in [0.29, 0.717) is 0 Å². The average Bonchev–Trinajstić information content (AvgIpc) is 2.88. The van der Waals surface area contributed by atoms with E-state index in [2.05, 4.69) is 53.8 Å². The van der Waals surface area contributed by atoms with Gasteiger partial charge in [0.1, 0.15) is 5.37 Å². The van der Waals surface area contributed by atoms with Gasteiger partial charge in [-0.2, -0.15) is 0 Å². The summed E-state index contributed by atoms with van der Waals surface area (Å²) in [6.07, 6.45) is 0.964. The summed E-state index contributed by atoms with van der Waals surface area (Å²) in [5, 5.41) is 3.89. The predicted molar refractivity (Wildman–Crippen MR) is 89.6 cm³/mol. The lowest BCUT2D eigenvalue weighted by Crippen LogP contribution is -2.24. The standard InChI is InChI=1S/C17H13NS2/c19-17-14-10-12-8-4-5-9-13(12)15(14)18-16(20-17)11-6-2-1-3-7-11/h1-9,16,18H,10H2. The van der Waals surface area contributed by atoms with E-state index in [-0.39, 0.29) is 5.37 Å². The van der Waals surface area contributed by atoms with Gasteiger partial charge >= 0.3 is 0 Å². The van der Waals surface area contributed by atoms with Crippen LogP contribution < -0.4 is 5.32 Å². The molecule has 0 saturated heterocycles. The summed E-state index contributed by atoms with van der Waals surface area (Å²) in [5.74, 6) is 0. The van der Waals surface area contributed by atoms with E-state index in [0.717, 1.165) is 10.6 Å². The van der Waals surface area contributed by atoms with E-state index in [9.17, 15) is 0 Å². The van der Waals surface area contributed by atoms with Crippen LogP contribution in [0.3, 0.4) is 0 Å². The fourth-order valence-electron chi connectivity index (χ4n) is 2.82. The molecule has 1 aliphatic carbocycles. The summed E-state index contributed by atoms with van der Waals surface area (Å²) in [6, 6.07) is 19.1. The van der Waals surface area contributed by atoms with Gasteiger partial charge in [0.25, 0.3) is 0 Å². The highest BCUT2D eigenvalue weighted by Crippen LogP contribution is 2.43. The second kappa shape index (κ2) is 4.76. The molecule has 0 aromatic heterocycles. The zero-order chi connectivity index (χ0) is 13.5. The van der Waals surface area contributed by atoms with Gasteiger partial charge in [-0.25, -0.2) is 0 Å².